The molecule has 0 radical (unpaired) electrons. The van der Waals surface area contributed by atoms with Crippen molar-refractivity contribution in [3.63, 3.8) is 0 Å². The van der Waals surface area contributed by atoms with Crippen LogP contribution in [-0.4, -0.2) is 39.0 Å². The predicted octanol–water partition coefficient (Wildman–Crippen LogP) is 4.71. The maximum absolute atomic E-state index is 13.9. The fraction of sp³-hybridized carbons (Fsp3) is 0.133. The van der Waals surface area contributed by atoms with Crippen molar-refractivity contribution in [2.45, 2.75) is 25.6 Å². The monoisotopic (exact) mass is 506 g/mol. The number of rotatable bonds is 7. The lowest BCUT2D eigenvalue weighted by Crippen LogP contribution is -2.43. The molecule has 8 nitrogen and oxygen atoms in total. The third-order valence-corrected chi connectivity index (χ3v) is 7.03. The third kappa shape index (κ3) is 4.37. The van der Waals surface area contributed by atoms with Gasteiger partial charge in [0.1, 0.15) is 5.54 Å². The van der Waals surface area contributed by atoms with E-state index in [1.807, 2.05) is 66.7 Å². The number of urea groups is 1. The van der Waals surface area contributed by atoms with Crippen LogP contribution in [0.15, 0.2) is 96.1 Å². The van der Waals surface area contributed by atoms with Gasteiger partial charge in [-0.15, -0.1) is 0 Å². The van der Waals surface area contributed by atoms with E-state index in [9.17, 15) is 19.5 Å². The summed E-state index contributed by atoms with van der Waals surface area (Å²) in [4.78, 5) is 41.8. The van der Waals surface area contributed by atoms with Gasteiger partial charge in [0.2, 0.25) is 0 Å². The second kappa shape index (κ2) is 9.82. The number of nitrogens with two attached hydrogens (primary N) is 1. The molecule has 3 N–H and O–H groups in total. The van der Waals surface area contributed by atoms with Gasteiger partial charge in [-0.2, -0.15) is 5.10 Å². The molecule has 38 heavy (non-hydrogen) atoms. The van der Waals surface area contributed by atoms with E-state index < -0.39 is 17.5 Å². The molecule has 1 unspecified atom stereocenters. The first kappa shape index (κ1) is 24.7. The first-order chi connectivity index (χ1) is 18.3. The maximum atomic E-state index is 13.9. The molecule has 1 aliphatic heterocycles. The minimum Gasteiger partial charge on any atom is -0.478 e. The Morgan fingerprint density at radius 3 is 2.26 bits per heavy atom. The predicted molar refractivity (Wildman–Crippen MR) is 144 cm³/mol. The van der Waals surface area contributed by atoms with Crippen LogP contribution in [-0.2, 0) is 23.4 Å². The van der Waals surface area contributed by atoms with E-state index in [2.05, 4.69) is 5.10 Å². The Kier molecular flexibility index (Phi) is 6.38. The van der Waals surface area contributed by atoms with E-state index in [1.54, 1.807) is 30.2 Å². The Morgan fingerprint density at radius 2 is 1.58 bits per heavy atom. The van der Waals surface area contributed by atoms with Gasteiger partial charge >= 0.3 is 12.0 Å². The van der Waals surface area contributed by atoms with E-state index >= 15 is 0 Å². The lowest BCUT2D eigenvalue weighted by molar-refractivity contribution is -0.133. The molecule has 1 saturated heterocycles. The lowest BCUT2D eigenvalue weighted by atomic mass is 9.90. The summed E-state index contributed by atoms with van der Waals surface area (Å²) >= 11 is 0. The Morgan fingerprint density at radius 1 is 0.895 bits per heavy atom. The lowest BCUT2D eigenvalue weighted by Gasteiger charge is -2.32. The van der Waals surface area contributed by atoms with Gasteiger partial charge in [0.25, 0.3) is 5.91 Å². The molecule has 1 fully saturated rings. The second-order valence-corrected chi connectivity index (χ2v) is 9.42. The van der Waals surface area contributed by atoms with Crippen LogP contribution >= 0.6 is 0 Å². The van der Waals surface area contributed by atoms with Crippen molar-refractivity contribution >= 4 is 34.9 Å². The van der Waals surface area contributed by atoms with Gasteiger partial charge in [0.05, 0.1) is 18.3 Å². The van der Waals surface area contributed by atoms with Gasteiger partial charge < -0.3 is 15.8 Å². The Hall–Kier alpha value is -4.98. The number of fused-ring (bicyclic) bond motifs is 1. The Balaban J connectivity index is 1.50. The van der Waals surface area contributed by atoms with Crippen molar-refractivity contribution in [3.8, 4) is 0 Å². The van der Waals surface area contributed by atoms with Crippen LogP contribution in [0.4, 0.5) is 4.79 Å². The van der Waals surface area contributed by atoms with Crippen molar-refractivity contribution in [3.05, 3.63) is 119 Å². The van der Waals surface area contributed by atoms with E-state index in [0.29, 0.717) is 5.56 Å². The number of aromatic carboxylic acids is 1. The third-order valence-electron chi connectivity index (χ3n) is 7.03. The van der Waals surface area contributed by atoms with Crippen LogP contribution in [0.1, 0.15) is 39.5 Å². The topological polar surface area (TPSA) is 116 Å². The molecule has 4 aromatic rings. The largest absolute Gasteiger partial charge is 0.478 e. The Bertz CT molecular complexity index is 1570. The van der Waals surface area contributed by atoms with Gasteiger partial charge in [0, 0.05) is 6.54 Å². The highest BCUT2D eigenvalue weighted by atomic mass is 16.4. The fourth-order valence-corrected chi connectivity index (χ4v) is 4.91. The smallest absolute Gasteiger partial charge is 0.335 e. The van der Waals surface area contributed by atoms with Gasteiger partial charge in [-0.25, -0.2) is 9.59 Å². The van der Waals surface area contributed by atoms with Crippen molar-refractivity contribution < 1.29 is 19.5 Å². The number of benzene rings is 4. The quantitative estimate of drug-likeness (QED) is 0.163. The van der Waals surface area contributed by atoms with Crippen LogP contribution in [0.25, 0.3) is 10.8 Å². The summed E-state index contributed by atoms with van der Waals surface area (Å²) < 4.78 is 0. The molecule has 0 bridgehead atoms. The molecule has 1 heterocycles. The summed E-state index contributed by atoms with van der Waals surface area (Å²) in [5, 5.41) is 14.8. The maximum Gasteiger partial charge on any atom is 0.335 e. The number of amides is 3. The zero-order valence-electron chi connectivity index (χ0n) is 20.7. The van der Waals surface area contributed by atoms with Crippen LogP contribution < -0.4 is 5.84 Å². The molecular weight excluding hydrogens is 480 g/mol. The van der Waals surface area contributed by atoms with Crippen LogP contribution in [0, 0.1) is 0 Å². The molecular formula is C30H26N4O4. The summed E-state index contributed by atoms with van der Waals surface area (Å²) in [7, 11) is 0. The highest BCUT2D eigenvalue weighted by molar-refractivity contribution is 6.07. The summed E-state index contributed by atoms with van der Waals surface area (Å²) in [5.41, 5.74) is 2.01. The zero-order chi connectivity index (χ0) is 26.9. The minimum absolute atomic E-state index is 0.111. The van der Waals surface area contributed by atoms with Crippen LogP contribution in [0.2, 0.25) is 0 Å². The molecule has 190 valence electrons. The minimum atomic E-state index is -1.23. The molecule has 0 aliphatic carbocycles. The number of carbonyl (C=O) groups is 3. The molecule has 1 aliphatic rings. The van der Waals surface area contributed by atoms with E-state index in [4.69, 9.17) is 5.84 Å². The van der Waals surface area contributed by atoms with Crippen LogP contribution in [0.3, 0.4) is 0 Å². The van der Waals surface area contributed by atoms with Crippen molar-refractivity contribution in [2.75, 3.05) is 0 Å². The number of imide groups is 1. The standard InChI is InChI=1S/C30H26N4O4/c1-30(26-5-3-2-4-6-26)28(37)33(29(38)34(30)19-20-7-13-24(14-8-20)27(35)36)18-22-10-12-23-11-9-21(17-32-31)15-25(23)16-22/h2-17H,18-19,31H2,1H3,(H,35,36). The molecule has 0 spiro atoms. The summed E-state index contributed by atoms with van der Waals surface area (Å²) in [6, 6.07) is 26.8. The molecule has 8 heteroatoms. The van der Waals surface area contributed by atoms with E-state index in [1.165, 1.54) is 17.0 Å². The summed E-state index contributed by atoms with van der Waals surface area (Å²) in [6.07, 6.45) is 1.56. The molecule has 0 aromatic heterocycles. The number of carboxylic acid groups (broad SMARTS) is 1. The number of nitrogens with zero attached hydrogens (tertiary/aromatic N) is 3. The molecule has 3 amide bonds. The zero-order valence-corrected chi connectivity index (χ0v) is 20.7. The molecule has 4 aromatic carbocycles. The number of hydrogen-bond donors (Lipinski definition) is 2. The number of hydrogen-bond acceptors (Lipinski definition) is 5. The average molecular weight is 507 g/mol. The van der Waals surface area contributed by atoms with E-state index in [0.717, 1.165) is 27.5 Å². The van der Waals surface area contributed by atoms with E-state index in [-0.39, 0.29) is 24.6 Å². The summed E-state index contributed by atoms with van der Waals surface area (Å²) in [5.74, 6) is 3.95. The number of carbonyl (C=O) groups excluding carboxylic acids is 2. The first-order valence-corrected chi connectivity index (χ1v) is 12.1. The number of hydrazone groups is 1. The average Bonchev–Trinajstić information content (AvgIpc) is 3.10. The first-order valence-electron chi connectivity index (χ1n) is 12.1. The number of carboxylic acids is 1. The van der Waals surface area contributed by atoms with Crippen molar-refractivity contribution in [1.29, 1.82) is 0 Å². The SMILES string of the molecule is CC1(c2ccccc2)C(=O)N(Cc2ccc3ccc(C=NN)cc3c2)C(=O)N1Cc1ccc(C(=O)O)cc1. The second-order valence-electron chi connectivity index (χ2n) is 9.42. The molecule has 0 saturated carbocycles. The summed E-state index contributed by atoms with van der Waals surface area (Å²) in [6.45, 7) is 2.01. The highest BCUT2D eigenvalue weighted by Crippen LogP contribution is 2.39. The highest BCUT2D eigenvalue weighted by Gasteiger charge is 2.55. The van der Waals surface area contributed by atoms with Gasteiger partial charge in [-0.3, -0.25) is 9.69 Å². The van der Waals surface area contributed by atoms with Gasteiger partial charge in [0.15, 0.2) is 0 Å². The van der Waals surface area contributed by atoms with Gasteiger partial charge in [-0.05, 0) is 64.2 Å². The van der Waals surface area contributed by atoms with Crippen LogP contribution in [0.5, 0.6) is 0 Å². The van der Waals surface area contributed by atoms with Gasteiger partial charge in [-0.1, -0.05) is 66.7 Å². The van der Waals surface area contributed by atoms with Crippen molar-refractivity contribution in [1.82, 2.24) is 9.80 Å². The molecule has 1 atom stereocenters. The fourth-order valence-electron chi connectivity index (χ4n) is 4.91. The Labute approximate surface area is 219 Å². The van der Waals surface area contributed by atoms with Crippen molar-refractivity contribution in [2.24, 2.45) is 10.9 Å². The normalized spacial score (nSPS) is 17.6. The molecule has 5 rings (SSSR count).